The zero-order valence-electron chi connectivity index (χ0n) is 10.3. The predicted octanol–water partition coefficient (Wildman–Crippen LogP) is 2.12. The van der Waals surface area contributed by atoms with Gasteiger partial charge < -0.3 is 16.8 Å². The van der Waals surface area contributed by atoms with Gasteiger partial charge in [-0.2, -0.15) is 4.98 Å². The number of nitrogens with one attached hydrogen (secondary N) is 1. The van der Waals surface area contributed by atoms with Crippen LogP contribution in [0.15, 0.2) is 12.3 Å². The van der Waals surface area contributed by atoms with E-state index in [9.17, 15) is 0 Å². The molecule has 8 heteroatoms. The molecule has 18 heavy (non-hydrogen) atoms. The maximum atomic E-state index is 5.74. The molecule has 1 rings (SSSR count). The van der Waals surface area contributed by atoms with Crippen molar-refractivity contribution in [1.29, 1.82) is 0 Å². The minimum Gasteiger partial charge on any atom is -0.383 e. The van der Waals surface area contributed by atoms with Gasteiger partial charge in [-0.25, -0.2) is 4.98 Å². The maximum Gasteiger partial charge on any atom is 0.224 e. The molecular weight excluding hydrogens is 297 g/mol. The van der Waals surface area contributed by atoms with Crippen LogP contribution in [0, 0.1) is 0 Å². The monoisotopic (exact) mass is 315 g/mol. The lowest BCUT2D eigenvalue weighted by molar-refractivity contribution is 0.759. The van der Waals surface area contributed by atoms with Crippen LogP contribution >= 0.6 is 37.2 Å². The summed E-state index contributed by atoms with van der Waals surface area (Å²) in [6.45, 7) is 1.95. The standard InChI is InChI=1S/C10H17N5.3ClH/c1-7(11)4-3-5-8-6-14-10(13-2)15-9(8)12;;;/h3,5-7H,4,11H2,1-2H3,(H3,12,13,14,15);3*1H/b5-3+;;;/t7-;;;/m0.../s1. The lowest BCUT2D eigenvalue weighted by Gasteiger charge is -2.02. The van der Waals surface area contributed by atoms with Crippen LogP contribution in [0.5, 0.6) is 0 Å². The van der Waals surface area contributed by atoms with Crippen molar-refractivity contribution in [3.63, 3.8) is 0 Å². The van der Waals surface area contributed by atoms with Crippen LogP contribution in [0.2, 0.25) is 0 Å². The first kappa shape index (κ1) is 22.4. The Morgan fingerprint density at radius 3 is 2.44 bits per heavy atom. The fourth-order valence-electron chi connectivity index (χ4n) is 1.06. The van der Waals surface area contributed by atoms with Gasteiger partial charge >= 0.3 is 0 Å². The number of hydrogen-bond donors (Lipinski definition) is 3. The number of aromatic nitrogens is 2. The molecule has 0 radical (unpaired) electrons. The summed E-state index contributed by atoms with van der Waals surface area (Å²) in [6.07, 6.45) is 6.36. The Hall–Kier alpha value is -0.750. The van der Waals surface area contributed by atoms with Gasteiger partial charge in [0.15, 0.2) is 0 Å². The number of nitrogens with two attached hydrogens (primary N) is 2. The Labute approximate surface area is 126 Å². The third kappa shape index (κ3) is 7.55. The normalized spacial score (nSPS) is 10.8. The van der Waals surface area contributed by atoms with Gasteiger partial charge in [0.2, 0.25) is 5.95 Å². The Morgan fingerprint density at radius 1 is 1.39 bits per heavy atom. The molecule has 0 fully saturated rings. The van der Waals surface area contributed by atoms with Crippen molar-refractivity contribution in [3.8, 4) is 0 Å². The molecule has 1 heterocycles. The third-order valence-electron chi connectivity index (χ3n) is 1.88. The molecule has 5 nitrogen and oxygen atoms in total. The smallest absolute Gasteiger partial charge is 0.224 e. The Morgan fingerprint density at radius 2 is 2.00 bits per heavy atom. The first-order chi connectivity index (χ1) is 7.13. The molecular formula is C10H20Cl3N5. The highest BCUT2D eigenvalue weighted by Gasteiger charge is 1.99. The summed E-state index contributed by atoms with van der Waals surface area (Å²) in [7, 11) is 1.75. The third-order valence-corrected chi connectivity index (χ3v) is 1.88. The molecule has 0 aliphatic heterocycles. The molecule has 1 atom stereocenters. The predicted molar refractivity (Wildman–Crippen MR) is 85.0 cm³/mol. The fourth-order valence-corrected chi connectivity index (χ4v) is 1.06. The van der Waals surface area contributed by atoms with E-state index < -0.39 is 0 Å². The van der Waals surface area contributed by atoms with Gasteiger partial charge in [-0.15, -0.1) is 37.2 Å². The highest BCUT2D eigenvalue weighted by Crippen LogP contribution is 2.11. The summed E-state index contributed by atoms with van der Waals surface area (Å²) in [5.74, 6) is 0.993. The molecule has 0 spiro atoms. The van der Waals surface area contributed by atoms with Crippen LogP contribution < -0.4 is 16.8 Å². The van der Waals surface area contributed by atoms with Gasteiger partial charge in [-0.3, -0.25) is 0 Å². The SMILES string of the molecule is CNc1ncc(/C=C/C[C@H](C)N)c(N)n1.Cl.Cl.Cl. The van der Waals surface area contributed by atoms with E-state index in [0.717, 1.165) is 12.0 Å². The van der Waals surface area contributed by atoms with Crippen LogP contribution in [0.3, 0.4) is 0 Å². The van der Waals surface area contributed by atoms with Gasteiger partial charge in [0.05, 0.1) is 0 Å². The van der Waals surface area contributed by atoms with Crippen LogP contribution in [-0.2, 0) is 0 Å². The van der Waals surface area contributed by atoms with Crippen LogP contribution in [-0.4, -0.2) is 23.1 Å². The number of halogens is 3. The molecule has 0 aliphatic carbocycles. The van der Waals surface area contributed by atoms with Crippen LogP contribution in [0.4, 0.5) is 11.8 Å². The number of nitrogen functional groups attached to an aromatic ring is 1. The van der Waals surface area contributed by atoms with Crippen molar-refractivity contribution in [1.82, 2.24) is 9.97 Å². The molecule has 0 aliphatic rings. The number of rotatable bonds is 4. The summed E-state index contributed by atoms with van der Waals surface area (Å²) in [4.78, 5) is 8.13. The van der Waals surface area contributed by atoms with E-state index in [-0.39, 0.29) is 43.3 Å². The zero-order valence-corrected chi connectivity index (χ0v) is 12.7. The first-order valence-electron chi connectivity index (χ1n) is 4.86. The molecule has 0 saturated carbocycles. The van der Waals surface area contributed by atoms with Gasteiger partial charge in [0.25, 0.3) is 0 Å². The molecule has 0 amide bonds. The second-order valence-electron chi connectivity index (χ2n) is 3.40. The molecule has 0 bridgehead atoms. The minimum atomic E-state index is 0. The Kier molecular flexibility index (Phi) is 14.1. The summed E-state index contributed by atoms with van der Waals surface area (Å²) >= 11 is 0. The first-order valence-corrected chi connectivity index (χ1v) is 4.86. The van der Waals surface area contributed by atoms with E-state index in [0.29, 0.717) is 11.8 Å². The van der Waals surface area contributed by atoms with Gasteiger partial charge in [-0.05, 0) is 13.3 Å². The summed E-state index contributed by atoms with van der Waals surface area (Å²) < 4.78 is 0. The summed E-state index contributed by atoms with van der Waals surface area (Å²) in [5, 5.41) is 2.82. The van der Waals surface area contributed by atoms with Gasteiger partial charge in [-0.1, -0.05) is 12.2 Å². The molecule has 0 aromatic carbocycles. The average molecular weight is 317 g/mol. The van der Waals surface area contributed by atoms with Gasteiger partial charge in [0.1, 0.15) is 5.82 Å². The Balaban J connectivity index is -0.000000750. The summed E-state index contributed by atoms with van der Waals surface area (Å²) in [6, 6.07) is 0.153. The zero-order chi connectivity index (χ0) is 11.3. The highest BCUT2D eigenvalue weighted by atomic mass is 35.5. The van der Waals surface area contributed by atoms with Crippen molar-refractivity contribution < 1.29 is 0 Å². The van der Waals surface area contributed by atoms with E-state index in [1.807, 2.05) is 19.1 Å². The number of anilines is 2. The maximum absolute atomic E-state index is 5.74. The molecule has 0 saturated heterocycles. The van der Waals surface area contributed by atoms with Crippen LogP contribution in [0.25, 0.3) is 6.08 Å². The van der Waals surface area contributed by atoms with E-state index >= 15 is 0 Å². The second-order valence-corrected chi connectivity index (χ2v) is 3.40. The van der Waals surface area contributed by atoms with Crippen molar-refractivity contribution in [2.75, 3.05) is 18.1 Å². The molecule has 106 valence electrons. The average Bonchev–Trinajstić information content (AvgIpc) is 2.20. The van der Waals surface area contributed by atoms with E-state index in [1.54, 1.807) is 13.2 Å². The van der Waals surface area contributed by atoms with Crippen molar-refractivity contribution >= 4 is 55.1 Å². The summed E-state index contributed by atoms with van der Waals surface area (Å²) in [5.41, 5.74) is 12.2. The van der Waals surface area contributed by atoms with Crippen molar-refractivity contribution in [3.05, 3.63) is 17.8 Å². The highest BCUT2D eigenvalue weighted by molar-refractivity contribution is 5.86. The lowest BCUT2D eigenvalue weighted by Crippen LogP contribution is -2.12. The molecule has 5 N–H and O–H groups in total. The van der Waals surface area contributed by atoms with Crippen LogP contribution in [0.1, 0.15) is 18.9 Å². The van der Waals surface area contributed by atoms with Crippen molar-refractivity contribution in [2.45, 2.75) is 19.4 Å². The molecule has 1 aromatic heterocycles. The van der Waals surface area contributed by atoms with Crippen molar-refractivity contribution in [2.24, 2.45) is 5.73 Å². The Bertz CT molecular complexity index is 357. The molecule has 1 aromatic rings. The van der Waals surface area contributed by atoms with E-state index in [4.69, 9.17) is 11.5 Å². The minimum absolute atomic E-state index is 0. The second kappa shape index (κ2) is 11.3. The van der Waals surface area contributed by atoms with Gasteiger partial charge in [0, 0.05) is 24.8 Å². The lowest BCUT2D eigenvalue weighted by atomic mass is 10.2. The van der Waals surface area contributed by atoms with E-state index in [2.05, 4.69) is 15.3 Å². The largest absolute Gasteiger partial charge is 0.383 e. The number of hydrogen-bond acceptors (Lipinski definition) is 5. The van der Waals surface area contributed by atoms with E-state index in [1.165, 1.54) is 0 Å². The quantitative estimate of drug-likeness (QED) is 0.791. The molecule has 0 unspecified atom stereocenters. The number of nitrogens with zero attached hydrogens (tertiary/aromatic N) is 2. The topological polar surface area (TPSA) is 89.8 Å². The fraction of sp³-hybridized carbons (Fsp3) is 0.400.